The Balaban J connectivity index is 0.00000221. The van der Waals surface area contributed by atoms with Gasteiger partial charge in [0, 0.05) is 0 Å². The van der Waals surface area contributed by atoms with Gasteiger partial charge in [-0.05, 0) is 0 Å². The van der Waals surface area contributed by atoms with E-state index in [1.807, 2.05) is 6.56 Å². The topological polar surface area (TPSA) is 0 Å². The Labute approximate surface area is 284 Å². The Morgan fingerprint density at radius 1 is 0.545 bits per heavy atom. The van der Waals surface area contributed by atoms with Crippen LogP contribution in [0.25, 0.3) is 11.1 Å². The molecule has 0 N–H and O–H groups in total. The normalized spacial score (nSPS) is 13.9. The summed E-state index contributed by atoms with van der Waals surface area (Å²) in [7, 11) is 0. The average molecular weight is 711 g/mol. The van der Waals surface area contributed by atoms with E-state index in [0.29, 0.717) is 0 Å². The first-order valence-electron chi connectivity index (χ1n) is 15.4. The molecule has 0 unspecified atom stereocenters. The van der Waals surface area contributed by atoms with E-state index < -0.39 is 25.8 Å². The molecule has 6 rings (SSSR count). The van der Waals surface area contributed by atoms with Crippen molar-refractivity contribution >= 4 is 27.0 Å². The van der Waals surface area contributed by atoms with Crippen LogP contribution in [-0.2, 0) is 33.2 Å². The Kier molecular flexibility index (Phi) is 12.3. The third-order valence-electron chi connectivity index (χ3n) is 9.00. The van der Waals surface area contributed by atoms with E-state index in [1.165, 1.54) is 33.4 Å². The van der Waals surface area contributed by atoms with Crippen molar-refractivity contribution in [2.45, 2.75) is 53.4 Å². The largest absolute Gasteiger partial charge is 1.00 e. The summed E-state index contributed by atoms with van der Waals surface area (Å²) in [5.41, 5.74) is 10.7. The molecule has 4 aromatic carbocycles. The molecule has 44 heavy (non-hydrogen) atoms. The van der Waals surface area contributed by atoms with Crippen LogP contribution in [0.1, 0.15) is 62.8 Å². The van der Waals surface area contributed by atoms with Gasteiger partial charge >= 0.3 is 262 Å². The molecular formula is C40H40Cl2SiZr. The van der Waals surface area contributed by atoms with Gasteiger partial charge in [-0.1, -0.05) is 0 Å². The van der Waals surface area contributed by atoms with Gasteiger partial charge in [-0.25, -0.2) is 0 Å². The van der Waals surface area contributed by atoms with Crippen LogP contribution in [0.3, 0.4) is 0 Å². The zero-order valence-electron chi connectivity index (χ0n) is 26.1. The van der Waals surface area contributed by atoms with E-state index in [0.717, 1.165) is 25.7 Å². The van der Waals surface area contributed by atoms with Gasteiger partial charge in [0.15, 0.2) is 0 Å². The van der Waals surface area contributed by atoms with Gasteiger partial charge in [-0.3, -0.25) is 0 Å². The number of hydrogen-bond donors (Lipinski definition) is 0. The average Bonchev–Trinajstić information content (AvgIpc) is 3.62. The van der Waals surface area contributed by atoms with E-state index in [2.05, 4.69) is 149 Å². The maximum atomic E-state index is 2.55. The molecule has 222 valence electrons. The minimum atomic E-state index is -2.46. The quantitative estimate of drug-likeness (QED) is 0.247. The van der Waals surface area contributed by atoms with Crippen molar-refractivity contribution in [2.24, 2.45) is 0 Å². The second-order valence-corrected chi connectivity index (χ2v) is 24.8. The molecule has 0 bridgehead atoms. The first kappa shape index (κ1) is 34.4. The summed E-state index contributed by atoms with van der Waals surface area (Å²) in [6, 6.07) is 41.6. The van der Waals surface area contributed by atoms with Gasteiger partial charge in [-0.15, -0.1) is 0 Å². The molecular weight excluding hydrogens is 671 g/mol. The molecule has 0 atom stereocenters. The fraction of sp³-hybridized carbons (Fsp3) is 0.200. The predicted octanol–water partition coefficient (Wildman–Crippen LogP) is 3.07. The molecule has 0 saturated carbocycles. The Morgan fingerprint density at radius 2 is 0.955 bits per heavy atom. The maximum absolute atomic E-state index is 2.55. The number of rotatable bonds is 8. The third-order valence-corrected chi connectivity index (χ3v) is 28.7. The molecule has 0 spiro atoms. The van der Waals surface area contributed by atoms with Gasteiger partial charge in [0.1, 0.15) is 0 Å². The second-order valence-electron chi connectivity index (χ2n) is 11.4. The van der Waals surface area contributed by atoms with Crippen molar-refractivity contribution in [2.75, 3.05) is 0 Å². The fourth-order valence-electron chi connectivity index (χ4n) is 6.66. The van der Waals surface area contributed by atoms with Crippen molar-refractivity contribution in [3.8, 4) is 0 Å². The zero-order valence-corrected chi connectivity index (χ0v) is 31.1. The van der Waals surface area contributed by atoms with Crippen LogP contribution < -0.4 is 35.2 Å². The van der Waals surface area contributed by atoms with Crippen molar-refractivity contribution < 1.29 is 45.2 Å². The van der Waals surface area contributed by atoms with Crippen LogP contribution in [0, 0.1) is 0 Å². The van der Waals surface area contributed by atoms with Gasteiger partial charge in [0.2, 0.25) is 0 Å². The van der Waals surface area contributed by atoms with Crippen LogP contribution in [0.15, 0.2) is 139 Å². The van der Waals surface area contributed by atoms with Crippen molar-refractivity contribution in [3.05, 3.63) is 161 Å². The molecule has 0 nitrogen and oxygen atoms in total. The first-order chi connectivity index (χ1) is 20.6. The summed E-state index contributed by atoms with van der Waals surface area (Å²) < 4.78 is 3.62. The Morgan fingerprint density at radius 3 is 1.34 bits per heavy atom. The molecule has 0 amide bonds. The minimum absolute atomic E-state index is 0. The van der Waals surface area contributed by atoms with Gasteiger partial charge in [-0.2, -0.15) is 0 Å². The molecule has 4 aromatic rings. The van der Waals surface area contributed by atoms with Crippen LogP contribution in [-0.4, -0.2) is 5.43 Å². The van der Waals surface area contributed by atoms with Gasteiger partial charge in [0.05, 0.1) is 0 Å². The van der Waals surface area contributed by atoms with E-state index in [-0.39, 0.29) is 24.8 Å². The minimum Gasteiger partial charge on any atom is -1.00 e. The fourth-order valence-corrected chi connectivity index (χ4v) is 28.7. The summed E-state index contributed by atoms with van der Waals surface area (Å²) in [6.07, 6.45) is 9.48. The molecule has 0 saturated heterocycles. The van der Waals surface area contributed by atoms with E-state index in [9.17, 15) is 0 Å². The molecule has 0 fully saturated rings. The van der Waals surface area contributed by atoms with Crippen molar-refractivity contribution in [1.29, 1.82) is 0 Å². The smallest absolute Gasteiger partial charge is 1.00 e. The van der Waals surface area contributed by atoms with Crippen LogP contribution in [0.4, 0.5) is 0 Å². The van der Waals surface area contributed by atoms with Gasteiger partial charge < -0.3 is 24.8 Å². The van der Waals surface area contributed by atoms with E-state index >= 15 is 0 Å². The maximum Gasteiger partial charge on any atom is -1.00 e. The van der Waals surface area contributed by atoms with Crippen LogP contribution in [0.5, 0.6) is 0 Å². The molecule has 0 aromatic heterocycles. The standard InChI is InChI=1S/2C14H15.C12H10Si.2ClH.Zr/c2*1-3-12-7-5-8-13(10-12)14-9-4-6-11(14)2;1-3-7-11(8-4-1)13-12-9-5-2-6-10-12;;;/h2*5,7-10H,3-4H2,1-2H3;1-10H;2*1H;/q;;;;;+2/p-2. The zero-order chi connectivity index (χ0) is 29.1. The summed E-state index contributed by atoms with van der Waals surface area (Å²) >= 11 is -2.46. The summed E-state index contributed by atoms with van der Waals surface area (Å²) in [4.78, 5) is 0. The predicted molar refractivity (Wildman–Crippen MR) is 180 cm³/mol. The number of halogens is 2. The molecule has 0 aliphatic heterocycles. The van der Waals surface area contributed by atoms with Crippen LogP contribution in [0.2, 0.25) is 0 Å². The molecule has 0 radical (unpaired) electrons. The summed E-state index contributed by atoms with van der Waals surface area (Å²) in [6.45, 7) is 9.39. The van der Waals surface area contributed by atoms with Crippen molar-refractivity contribution in [3.63, 3.8) is 0 Å². The van der Waals surface area contributed by atoms with E-state index in [4.69, 9.17) is 0 Å². The number of aryl methyl sites for hydroxylation is 2. The third kappa shape index (κ3) is 7.00. The molecule has 2 aliphatic rings. The molecule has 4 heteroatoms. The first-order valence-corrected chi connectivity index (χ1v) is 23.1. The van der Waals surface area contributed by atoms with E-state index in [1.54, 1.807) is 21.5 Å². The molecule has 0 heterocycles. The SMILES string of the molecule is CCc1cccc(C2=CC[C]([Zr+2]([C]3=C(C)C(c4cccc(CC)c4)=CC3)=[Si](c3ccccc3)c3ccccc3)=C2C)c1.[Cl-].[Cl-]. The second kappa shape index (κ2) is 15.7. The Hall–Kier alpha value is -2.48. The number of hydrogen-bond acceptors (Lipinski definition) is 0. The molecule has 2 aliphatic carbocycles. The van der Waals surface area contributed by atoms with Crippen LogP contribution >= 0.6 is 0 Å². The summed E-state index contributed by atoms with van der Waals surface area (Å²) in [5.74, 6) is 0. The number of allylic oxidation sites excluding steroid dienone is 8. The van der Waals surface area contributed by atoms with Crippen molar-refractivity contribution in [1.82, 2.24) is 0 Å². The monoisotopic (exact) mass is 708 g/mol. The Bertz CT molecular complexity index is 1660. The van der Waals surface area contributed by atoms with Gasteiger partial charge in [0.25, 0.3) is 0 Å². The number of benzene rings is 4. The summed E-state index contributed by atoms with van der Waals surface area (Å²) in [5, 5.41) is 3.15.